The van der Waals surface area contributed by atoms with Crippen molar-refractivity contribution >= 4 is 0 Å². The molecule has 18 heavy (non-hydrogen) atoms. The van der Waals surface area contributed by atoms with E-state index in [1.54, 1.807) is 0 Å². The molecule has 0 bridgehead atoms. The van der Waals surface area contributed by atoms with Crippen LogP contribution in [0.15, 0.2) is 6.20 Å². The van der Waals surface area contributed by atoms with Crippen LogP contribution in [0.3, 0.4) is 0 Å². The maximum absolute atomic E-state index is 4.83. The van der Waals surface area contributed by atoms with Gasteiger partial charge in [-0.3, -0.25) is 0 Å². The maximum atomic E-state index is 4.83. The zero-order valence-electron chi connectivity index (χ0n) is 11.3. The molecule has 1 saturated carbocycles. The van der Waals surface area contributed by atoms with Crippen molar-refractivity contribution in [1.82, 2.24) is 15.3 Å². The van der Waals surface area contributed by atoms with Crippen molar-refractivity contribution < 1.29 is 0 Å². The predicted octanol–water partition coefficient (Wildman–Crippen LogP) is 2.81. The van der Waals surface area contributed by atoms with Crippen molar-refractivity contribution in [2.24, 2.45) is 5.92 Å². The van der Waals surface area contributed by atoms with Crippen molar-refractivity contribution in [2.45, 2.75) is 57.9 Å². The van der Waals surface area contributed by atoms with Crippen LogP contribution < -0.4 is 5.32 Å². The average molecular weight is 245 g/mol. The third-order valence-electron chi connectivity index (χ3n) is 4.10. The molecule has 0 spiro atoms. The lowest BCUT2D eigenvalue weighted by Gasteiger charge is -2.17. The molecule has 3 heteroatoms. The van der Waals surface area contributed by atoms with E-state index in [9.17, 15) is 0 Å². The molecule has 1 aromatic heterocycles. The second-order valence-electron chi connectivity index (χ2n) is 5.69. The molecule has 0 aromatic carbocycles. The van der Waals surface area contributed by atoms with Crippen LogP contribution in [0.2, 0.25) is 0 Å². The van der Waals surface area contributed by atoms with Crippen molar-refractivity contribution in [3.05, 3.63) is 23.3 Å². The summed E-state index contributed by atoms with van der Waals surface area (Å²) in [6, 6.07) is 0.475. The van der Waals surface area contributed by atoms with Gasteiger partial charge in [0.2, 0.25) is 0 Å². The zero-order valence-corrected chi connectivity index (χ0v) is 11.3. The Morgan fingerprint density at radius 2 is 2.17 bits per heavy atom. The summed E-state index contributed by atoms with van der Waals surface area (Å²) in [5.41, 5.74) is 2.66. The van der Waals surface area contributed by atoms with Crippen LogP contribution in [0, 0.1) is 5.92 Å². The Balaban J connectivity index is 1.83. The minimum Gasteiger partial charge on any atom is -0.310 e. The molecule has 98 valence electrons. The highest BCUT2D eigenvalue weighted by molar-refractivity contribution is 5.23. The van der Waals surface area contributed by atoms with E-state index in [0.29, 0.717) is 6.04 Å². The topological polar surface area (TPSA) is 37.8 Å². The molecule has 0 aliphatic heterocycles. The highest BCUT2D eigenvalue weighted by Crippen LogP contribution is 2.32. The monoisotopic (exact) mass is 245 g/mol. The smallest absolute Gasteiger partial charge is 0.128 e. The Kier molecular flexibility index (Phi) is 3.59. The van der Waals surface area contributed by atoms with Gasteiger partial charge in [0.05, 0.1) is 0 Å². The number of rotatable bonds is 4. The summed E-state index contributed by atoms with van der Waals surface area (Å²) in [6.45, 7) is 3.20. The molecule has 0 amide bonds. The molecular formula is C15H23N3. The molecule has 0 radical (unpaired) electrons. The van der Waals surface area contributed by atoms with Crippen LogP contribution in [-0.4, -0.2) is 16.5 Å². The molecule has 0 saturated heterocycles. The molecule has 1 fully saturated rings. The van der Waals surface area contributed by atoms with Crippen LogP contribution in [0.25, 0.3) is 0 Å². The Morgan fingerprint density at radius 3 is 2.94 bits per heavy atom. The van der Waals surface area contributed by atoms with E-state index >= 15 is 0 Å². The average Bonchev–Trinajstić information content (AvgIpc) is 3.18. The molecule has 1 N–H and O–H groups in total. The van der Waals surface area contributed by atoms with Crippen molar-refractivity contribution in [3.63, 3.8) is 0 Å². The van der Waals surface area contributed by atoms with E-state index < -0.39 is 0 Å². The van der Waals surface area contributed by atoms with Gasteiger partial charge in [0.1, 0.15) is 5.82 Å². The standard InChI is InChI=1S/C15H23N3/c1-2-16-13-5-3-4-6-14-12(13)10-17-15(18-14)9-11-7-8-11/h10-11,13,16H,2-9H2,1H3. The van der Waals surface area contributed by atoms with Crippen molar-refractivity contribution in [3.8, 4) is 0 Å². The number of aryl methyl sites for hydroxylation is 1. The Bertz CT molecular complexity index is 412. The number of hydrogen-bond acceptors (Lipinski definition) is 3. The molecule has 2 aliphatic carbocycles. The summed E-state index contributed by atoms with van der Waals surface area (Å²) in [6.07, 6.45) is 10.9. The fourth-order valence-electron chi connectivity index (χ4n) is 2.89. The second kappa shape index (κ2) is 5.35. The van der Waals surface area contributed by atoms with E-state index in [1.807, 2.05) is 0 Å². The van der Waals surface area contributed by atoms with Gasteiger partial charge >= 0.3 is 0 Å². The Hall–Kier alpha value is -0.960. The largest absolute Gasteiger partial charge is 0.310 e. The fourth-order valence-corrected chi connectivity index (χ4v) is 2.89. The Morgan fingerprint density at radius 1 is 1.28 bits per heavy atom. The quantitative estimate of drug-likeness (QED) is 0.829. The number of aromatic nitrogens is 2. The summed E-state index contributed by atoms with van der Waals surface area (Å²) in [4.78, 5) is 9.43. The number of fused-ring (bicyclic) bond motifs is 1. The molecule has 3 rings (SSSR count). The number of hydrogen-bond donors (Lipinski definition) is 1. The first-order valence-corrected chi connectivity index (χ1v) is 7.45. The van der Waals surface area contributed by atoms with Gasteiger partial charge < -0.3 is 5.32 Å². The second-order valence-corrected chi connectivity index (χ2v) is 5.69. The van der Waals surface area contributed by atoms with E-state index in [0.717, 1.165) is 31.1 Å². The van der Waals surface area contributed by atoms with E-state index in [4.69, 9.17) is 4.98 Å². The van der Waals surface area contributed by atoms with Gasteiger partial charge in [-0.15, -0.1) is 0 Å². The van der Waals surface area contributed by atoms with Gasteiger partial charge in [0.25, 0.3) is 0 Å². The summed E-state index contributed by atoms with van der Waals surface area (Å²) in [5, 5.41) is 3.57. The summed E-state index contributed by atoms with van der Waals surface area (Å²) >= 11 is 0. The van der Waals surface area contributed by atoms with E-state index in [2.05, 4.69) is 23.4 Å². The summed E-state index contributed by atoms with van der Waals surface area (Å²) < 4.78 is 0. The maximum Gasteiger partial charge on any atom is 0.128 e. The lowest BCUT2D eigenvalue weighted by molar-refractivity contribution is 0.502. The van der Waals surface area contributed by atoms with Gasteiger partial charge in [-0.2, -0.15) is 0 Å². The van der Waals surface area contributed by atoms with E-state index in [-0.39, 0.29) is 0 Å². The van der Waals surface area contributed by atoms with E-state index in [1.165, 1.54) is 43.4 Å². The minimum atomic E-state index is 0.475. The first kappa shape index (κ1) is 12.1. The van der Waals surface area contributed by atoms with Crippen LogP contribution in [-0.2, 0) is 12.8 Å². The van der Waals surface area contributed by atoms with Gasteiger partial charge in [0, 0.05) is 29.9 Å². The molecule has 2 aliphatic rings. The van der Waals surface area contributed by atoms with Crippen LogP contribution >= 0.6 is 0 Å². The van der Waals surface area contributed by atoms with Crippen molar-refractivity contribution in [2.75, 3.05) is 6.54 Å². The van der Waals surface area contributed by atoms with Gasteiger partial charge in [-0.1, -0.05) is 13.3 Å². The van der Waals surface area contributed by atoms with Gasteiger partial charge in [0.15, 0.2) is 0 Å². The highest BCUT2D eigenvalue weighted by atomic mass is 14.9. The molecular weight excluding hydrogens is 222 g/mol. The highest BCUT2D eigenvalue weighted by Gasteiger charge is 2.24. The van der Waals surface area contributed by atoms with Crippen LogP contribution in [0.5, 0.6) is 0 Å². The number of nitrogens with zero attached hydrogens (tertiary/aromatic N) is 2. The first-order chi connectivity index (χ1) is 8.86. The van der Waals surface area contributed by atoms with Gasteiger partial charge in [-0.25, -0.2) is 9.97 Å². The molecule has 1 unspecified atom stereocenters. The summed E-state index contributed by atoms with van der Waals surface area (Å²) in [7, 11) is 0. The lowest BCUT2D eigenvalue weighted by Crippen LogP contribution is -2.22. The van der Waals surface area contributed by atoms with Crippen LogP contribution in [0.4, 0.5) is 0 Å². The normalized spacial score (nSPS) is 23.5. The molecule has 1 heterocycles. The Labute approximate surface area is 109 Å². The molecule has 1 aromatic rings. The number of nitrogens with one attached hydrogen (secondary N) is 1. The summed E-state index contributed by atoms with van der Waals surface area (Å²) in [5.74, 6) is 1.95. The molecule has 1 atom stereocenters. The fraction of sp³-hybridized carbons (Fsp3) is 0.733. The van der Waals surface area contributed by atoms with Crippen LogP contribution in [0.1, 0.15) is 62.2 Å². The van der Waals surface area contributed by atoms with Gasteiger partial charge in [-0.05, 0) is 44.6 Å². The predicted molar refractivity (Wildman–Crippen MR) is 72.4 cm³/mol. The zero-order chi connectivity index (χ0) is 12.4. The molecule has 3 nitrogen and oxygen atoms in total. The third kappa shape index (κ3) is 2.72. The van der Waals surface area contributed by atoms with Crippen molar-refractivity contribution in [1.29, 1.82) is 0 Å². The third-order valence-corrected chi connectivity index (χ3v) is 4.10. The first-order valence-electron chi connectivity index (χ1n) is 7.45. The lowest BCUT2D eigenvalue weighted by atomic mass is 10.0. The SMILES string of the molecule is CCNC1CCCCc2nc(CC3CC3)ncc21. The minimum absolute atomic E-state index is 0.475.